The van der Waals surface area contributed by atoms with Gasteiger partial charge in [-0.15, -0.1) is 0 Å². The number of nitrogens with one attached hydrogen (secondary N) is 2. The van der Waals surface area contributed by atoms with E-state index in [0.717, 1.165) is 22.7 Å². The number of anilines is 3. The normalized spacial score (nSPS) is 12.2. The maximum absolute atomic E-state index is 12.2. The monoisotopic (exact) mass is 391 g/mol. The number of carbonyl (C=O) groups is 1. The van der Waals surface area contributed by atoms with E-state index >= 15 is 0 Å². The summed E-state index contributed by atoms with van der Waals surface area (Å²) in [5, 5.41) is 6.07. The van der Waals surface area contributed by atoms with Gasteiger partial charge in [0.2, 0.25) is 5.91 Å². The predicted octanol–water partition coefficient (Wildman–Crippen LogP) is 3.79. The van der Waals surface area contributed by atoms with Gasteiger partial charge in [0.15, 0.2) is 11.5 Å². The molecule has 0 saturated carbocycles. The number of benzene rings is 2. The first-order chi connectivity index (χ1) is 14.2. The van der Waals surface area contributed by atoms with E-state index in [4.69, 9.17) is 14.2 Å². The van der Waals surface area contributed by atoms with Crippen LogP contribution in [0.4, 0.5) is 17.2 Å². The number of methoxy groups -OCH3 is 1. The number of carbonyl (C=O) groups excluding carboxylic acids is 1. The van der Waals surface area contributed by atoms with Crippen LogP contribution < -0.4 is 24.8 Å². The topological polar surface area (TPSA) is 81.7 Å². The van der Waals surface area contributed by atoms with Crippen molar-refractivity contribution in [1.29, 1.82) is 0 Å². The van der Waals surface area contributed by atoms with Crippen LogP contribution in [0.3, 0.4) is 0 Å². The van der Waals surface area contributed by atoms with Crippen molar-refractivity contribution < 1.29 is 19.0 Å². The van der Waals surface area contributed by atoms with Crippen molar-refractivity contribution >= 4 is 23.1 Å². The van der Waals surface area contributed by atoms with Gasteiger partial charge in [-0.05, 0) is 42.0 Å². The fourth-order valence-corrected chi connectivity index (χ4v) is 2.94. The molecule has 1 amide bonds. The summed E-state index contributed by atoms with van der Waals surface area (Å²) in [5.74, 6) is 2.77. The van der Waals surface area contributed by atoms with E-state index in [2.05, 4.69) is 15.6 Å². The molecule has 0 fully saturated rings. The predicted molar refractivity (Wildman–Crippen MR) is 110 cm³/mol. The average Bonchev–Trinajstić information content (AvgIpc) is 2.75. The number of nitrogens with zero attached hydrogens (tertiary/aromatic N) is 1. The van der Waals surface area contributed by atoms with E-state index in [9.17, 15) is 4.79 Å². The van der Waals surface area contributed by atoms with Gasteiger partial charge in [-0.3, -0.25) is 4.79 Å². The highest BCUT2D eigenvalue weighted by molar-refractivity contribution is 5.92. The minimum atomic E-state index is -0.107. The molecule has 4 rings (SSSR count). The second kappa shape index (κ2) is 8.52. The van der Waals surface area contributed by atoms with Crippen LogP contribution in [-0.2, 0) is 11.2 Å². The summed E-state index contributed by atoms with van der Waals surface area (Å²) in [6.07, 6.45) is 1.90. The molecule has 0 atom stereocenters. The molecule has 148 valence electrons. The largest absolute Gasteiger partial charge is 0.497 e. The number of hydrogen-bond donors (Lipinski definition) is 2. The molecule has 1 aliphatic heterocycles. The zero-order chi connectivity index (χ0) is 20.1. The molecule has 0 aliphatic carbocycles. The van der Waals surface area contributed by atoms with Gasteiger partial charge in [0.05, 0.1) is 25.4 Å². The quantitative estimate of drug-likeness (QED) is 0.665. The Kier molecular flexibility index (Phi) is 5.47. The highest BCUT2D eigenvalue weighted by Crippen LogP contribution is 2.33. The maximum atomic E-state index is 12.2. The van der Waals surface area contributed by atoms with Gasteiger partial charge in [-0.25, -0.2) is 4.98 Å². The molecule has 0 unspecified atom stereocenters. The third-order valence-corrected chi connectivity index (χ3v) is 4.39. The van der Waals surface area contributed by atoms with Crippen LogP contribution in [0.25, 0.3) is 0 Å². The molecule has 7 heteroatoms. The Labute approximate surface area is 168 Å². The lowest BCUT2D eigenvalue weighted by atomic mass is 10.1. The van der Waals surface area contributed by atoms with Gasteiger partial charge in [0.1, 0.15) is 24.8 Å². The summed E-state index contributed by atoms with van der Waals surface area (Å²) in [7, 11) is 1.61. The Morgan fingerprint density at radius 3 is 2.48 bits per heavy atom. The van der Waals surface area contributed by atoms with Gasteiger partial charge in [-0.1, -0.05) is 12.1 Å². The Hall–Kier alpha value is -3.74. The SMILES string of the molecule is COc1ccc(CC(=O)Nc2ccc(Nc3ccc4c(c3)OCCO4)nc2)cc1. The van der Waals surface area contributed by atoms with Crippen molar-refractivity contribution in [2.24, 2.45) is 0 Å². The van der Waals surface area contributed by atoms with Gasteiger partial charge in [-0.2, -0.15) is 0 Å². The third-order valence-electron chi connectivity index (χ3n) is 4.39. The molecule has 7 nitrogen and oxygen atoms in total. The van der Waals surface area contributed by atoms with Crippen molar-refractivity contribution in [1.82, 2.24) is 4.98 Å². The van der Waals surface area contributed by atoms with Crippen molar-refractivity contribution in [3.05, 3.63) is 66.4 Å². The van der Waals surface area contributed by atoms with Gasteiger partial charge in [0.25, 0.3) is 0 Å². The van der Waals surface area contributed by atoms with E-state index in [0.29, 0.717) is 30.5 Å². The van der Waals surface area contributed by atoms with E-state index < -0.39 is 0 Å². The molecule has 0 radical (unpaired) electrons. The summed E-state index contributed by atoms with van der Waals surface area (Å²) in [6, 6.07) is 16.7. The number of amides is 1. The minimum Gasteiger partial charge on any atom is -0.497 e. The highest BCUT2D eigenvalue weighted by Gasteiger charge is 2.12. The summed E-state index contributed by atoms with van der Waals surface area (Å²) in [6.45, 7) is 1.10. The van der Waals surface area contributed by atoms with Crippen molar-refractivity contribution in [3.8, 4) is 17.2 Å². The lowest BCUT2D eigenvalue weighted by Gasteiger charge is -2.19. The van der Waals surface area contributed by atoms with Crippen LogP contribution in [-0.4, -0.2) is 31.2 Å². The molecule has 1 aromatic heterocycles. The summed E-state index contributed by atoms with van der Waals surface area (Å²) >= 11 is 0. The Balaban J connectivity index is 1.34. The Morgan fingerprint density at radius 2 is 1.76 bits per heavy atom. The van der Waals surface area contributed by atoms with Crippen LogP contribution in [0.2, 0.25) is 0 Å². The van der Waals surface area contributed by atoms with E-state index in [1.54, 1.807) is 25.4 Å². The summed E-state index contributed by atoms with van der Waals surface area (Å²) < 4.78 is 16.2. The zero-order valence-corrected chi connectivity index (χ0v) is 16.0. The zero-order valence-electron chi connectivity index (χ0n) is 16.0. The van der Waals surface area contributed by atoms with E-state index in [1.807, 2.05) is 42.5 Å². The summed E-state index contributed by atoms with van der Waals surface area (Å²) in [5.41, 5.74) is 2.39. The molecular formula is C22H21N3O4. The average molecular weight is 391 g/mol. The molecule has 0 spiro atoms. The number of fused-ring (bicyclic) bond motifs is 1. The van der Waals surface area contributed by atoms with E-state index in [-0.39, 0.29) is 12.3 Å². The molecule has 1 aliphatic rings. The second-order valence-electron chi connectivity index (χ2n) is 6.49. The smallest absolute Gasteiger partial charge is 0.228 e. The Morgan fingerprint density at radius 1 is 1.00 bits per heavy atom. The second-order valence-corrected chi connectivity index (χ2v) is 6.49. The first-order valence-corrected chi connectivity index (χ1v) is 9.25. The number of hydrogen-bond acceptors (Lipinski definition) is 6. The fraction of sp³-hybridized carbons (Fsp3) is 0.182. The van der Waals surface area contributed by atoms with Crippen molar-refractivity contribution in [2.75, 3.05) is 31.0 Å². The third kappa shape index (κ3) is 4.76. The Bertz CT molecular complexity index is 988. The summed E-state index contributed by atoms with van der Waals surface area (Å²) in [4.78, 5) is 16.6. The molecule has 3 aromatic rings. The van der Waals surface area contributed by atoms with E-state index in [1.165, 1.54) is 0 Å². The number of aromatic nitrogens is 1. The maximum Gasteiger partial charge on any atom is 0.228 e. The molecule has 29 heavy (non-hydrogen) atoms. The first-order valence-electron chi connectivity index (χ1n) is 9.25. The van der Waals surface area contributed by atoms with Crippen molar-refractivity contribution in [2.45, 2.75) is 6.42 Å². The number of pyridine rings is 1. The van der Waals surface area contributed by atoms with Crippen LogP contribution in [0, 0.1) is 0 Å². The van der Waals surface area contributed by atoms with Crippen LogP contribution >= 0.6 is 0 Å². The minimum absolute atomic E-state index is 0.107. The lowest BCUT2D eigenvalue weighted by molar-refractivity contribution is -0.115. The molecular weight excluding hydrogens is 370 g/mol. The molecule has 2 N–H and O–H groups in total. The van der Waals surface area contributed by atoms with Gasteiger partial charge in [0, 0.05) is 11.8 Å². The highest BCUT2D eigenvalue weighted by atomic mass is 16.6. The molecule has 0 saturated heterocycles. The van der Waals surface area contributed by atoms with Gasteiger partial charge >= 0.3 is 0 Å². The van der Waals surface area contributed by atoms with Crippen LogP contribution in [0.1, 0.15) is 5.56 Å². The molecule has 0 bridgehead atoms. The fourth-order valence-electron chi connectivity index (χ4n) is 2.94. The number of rotatable bonds is 6. The van der Waals surface area contributed by atoms with Gasteiger partial charge < -0.3 is 24.8 Å². The first kappa shape index (κ1) is 18.6. The van der Waals surface area contributed by atoms with Crippen molar-refractivity contribution in [3.63, 3.8) is 0 Å². The standard InChI is InChI=1S/C22H21N3O4/c1-27-18-6-2-15(3-7-18)12-22(26)25-17-5-9-21(23-14-17)24-16-4-8-19-20(13-16)29-11-10-28-19/h2-9,13-14H,10-12H2,1H3,(H,23,24)(H,25,26). The lowest BCUT2D eigenvalue weighted by Crippen LogP contribution is -2.15. The molecule has 2 heterocycles. The van der Waals surface area contributed by atoms with Crippen LogP contribution in [0.5, 0.6) is 17.2 Å². The van der Waals surface area contributed by atoms with Crippen LogP contribution in [0.15, 0.2) is 60.8 Å². The number of ether oxygens (including phenoxy) is 3. The molecule has 2 aromatic carbocycles.